The van der Waals surface area contributed by atoms with Crippen molar-refractivity contribution in [2.75, 3.05) is 57.7 Å². The summed E-state index contributed by atoms with van der Waals surface area (Å²) in [6.45, 7) is 9.49. The number of anilines is 2. The van der Waals surface area contributed by atoms with E-state index in [4.69, 9.17) is 23.7 Å². The zero-order valence-electron chi connectivity index (χ0n) is 42.1. The number of carbonyl (C=O) groups is 4. The molecule has 0 spiro atoms. The van der Waals surface area contributed by atoms with Gasteiger partial charge in [0.25, 0.3) is 22.9 Å². The van der Waals surface area contributed by atoms with E-state index in [1.54, 1.807) is 78.4 Å². The third-order valence-electron chi connectivity index (χ3n) is 12.7. The lowest BCUT2D eigenvalue weighted by Crippen LogP contribution is -2.49. The van der Waals surface area contributed by atoms with Gasteiger partial charge in [-0.05, 0) is 99.8 Å². The molecule has 0 saturated carbocycles. The number of likely N-dealkylation sites (tertiary alicyclic amines) is 1. The number of methoxy groups -OCH3 is 2. The second-order valence-corrected chi connectivity index (χ2v) is 18.8. The third-order valence-corrected chi connectivity index (χ3v) is 12.7. The molecule has 1 fully saturated rings. The maximum Gasteiger partial charge on any atom is 0.410 e. The van der Waals surface area contributed by atoms with Crippen LogP contribution < -0.4 is 40.7 Å². The quantitative estimate of drug-likeness (QED) is 0.0992. The van der Waals surface area contributed by atoms with Gasteiger partial charge in [0.1, 0.15) is 36.6 Å². The Balaban J connectivity index is 0.000000244. The fourth-order valence-electron chi connectivity index (χ4n) is 9.03. The van der Waals surface area contributed by atoms with Gasteiger partial charge in [0, 0.05) is 85.2 Å². The van der Waals surface area contributed by atoms with Crippen LogP contribution >= 0.6 is 0 Å². The Morgan fingerprint density at radius 1 is 0.662 bits per heavy atom. The number of fused-ring (bicyclic) bond motifs is 3. The second kappa shape index (κ2) is 23.4. The molecule has 17 nitrogen and oxygen atoms in total. The standard InChI is InChI=1S/C38H44N4O7.C19H16N2O4/c1-38(2,3)49-37(45)42(25-26-10-13-33-34(22-26)48-21-20-47-33)28-14-16-40(17-15-28)18-19-41-32-23-29(46-4)11-12-30(32)31(24-35(41)43)36(44)39-27-8-6-5-7-9-27;1-25-14-7-8-15-16(19(24)20-13-5-3-2-4-6-13)12-18(23)21(9-10-22)17(15)11-14/h5-13,22-24,28H,14-21,25H2,1-4H3,(H,39,44);2-8,10-12H,9H2,1H3,(H,20,24). The molecule has 2 aliphatic rings. The molecule has 3 amide bonds. The highest BCUT2D eigenvalue weighted by Crippen LogP contribution is 2.33. The molecule has 2 aliphatic heterocycles. The SMILES string of the molecule is COc1ccc2c(C(=O)Nc3ccccc3)cc(=O)n(CC=O)c2c1.COc1ccc2c(C(=O)Nc3ccccc3)cc(=O)n(CCN3CCC(N(Cc4ccc5c(c4)OCCO5)C(=O)OC(C)(C)C)CC3)c2c1. The molecule has 0 radical (unpaired) electrons. The molecule has 7 aromatic rings. The first-order chi connectivity index (χ1) is 35.7. The van der Waals surface area contributed by atoms with Crippen molar-refractivity contribution in [2.24, 2.45) is 0 Å². The van der Waals surface area contributed by atoms with Gasteiger partial charge < -0.3 is 58.0 Å². The highest BCUT2D eigenvalue weighted by atomic mass is 16.6. The smallest absolute Gasteiger partial charge is 0.410 e. The molecule has 0 aliphatic carbocycles. The summed E-state index contributed by atoms with van der Waals surface area (Å²) in [4.78, 5) is 80.4. The molecule has 384 valence electrons. The van der Waals surface area contributed by atoms with E-state index in [0.717, 1.165) is 31.5 Å². The highest BCUT2D eigenvalue weighted by Gasteiger charge is 2.32. The topological polar surface area (TPSA) is 189 Å². The van der Waals surface area contributed by atoms with Crippen LogP contribution in [0.2, 0.25) is 0 Å². The Labute approximate surface area is 428 Å². The number of ether oxygens (including phenoxy) is 5. The zero-order valence-corrected chi connectivity index (χ0v) is 42.1. The second-order valence-electron chi connectivity index (χ2n) is 18.8. The van der Waals surface area contributed by atoms with Crippen LogP contribution in [0.15, 0.2) is 137 Å². The van der Waals surface area contributed by atoms with Gasteiger partial charge >= 0.3 is 6.09 Å². The van der Waals surface area contributed by atoms with Crippen molar-refractivity contribution in [3.05, 3.63) is 165 Å². The molecule has 2 N–H and O–H groups in total. The molecule has 4 heterocycles. The summed E-state index contributed by atoms with van der Waals surface area (Å²) in [6, 6.07) is 37.1. The lowest BCUT2D eigenvalue weighted by atomic mass is 10.0. The van der Waals surface area contributed by atoms with Crippen LogP contribution in [0.4, 0.5) is 16.2 Å². The largest absolute Gasteiger partial charge is 0.497 e. The first kappa shape index (κ1) is 51.9. The molecule has 17 heteroatoms. The zero-order chi connectivity index (χ0) is 52.4. The van der Waals surface area contributed by atoms with E-state index in [-0.39, 0.29) is 35.7 Å². The van der Waals surface area contributed by atoms with Crippen molar-refractivity contribution >= 4 is 57.4 Å². The summed E-state index contributed by atoms with van der Waals surface area (Å²) in [5.41, 5.74) is 2.57. The summed E-state index contributed by atoms with van der Waals surface area (Å²) in [6.07, 6.45) is 1.81. The number of aldehydes is 1. The van der Waals surface area contributed by atoms with Crippen molar-refractivity contribution in [3.8, 4) is 23.0 Å². The van der Waals surface area contributed by atoms with Gasteiger partial charge in [0.2, 0.25) is 0 Å². The monoisotopic (exact) mass is 1000 g/mol. The summed E-state index contributed by atoms with van der Waals surface area (Å²) < 4.78 is 31.0. The average Bonchev–Trinajstić information content (AvgIpc) is 3.40. The van der Waals surface area contributed by atoms with Crippen molar-refractivity contribution in [2.45, 2.75) is 64.9 Å². The van der Waals surface area contributed by atoms with Gasteiger partial charge in [0.05, 0.1) is 42.9 Å². The number of hydrogen-bond donors (Lipinski definition) is 2. The van der Waals surface area contributed by atoms with Gasteiger partial charge in [0.15, 0.2) is 11.5 Å². The normalized spacial score (nSPS) is 13.5. The fraction of sp³-hybridized carbons (Fsp3) is 0.298. The Morgan fingerprint density at radius 2 is 1.19 bits per heavy atom. The molecule has 5 aromatic carbocycles. The van der Waals surface area contributed by atoms with E-state index in [9.17, 15) is 28.8 Å². The number of rotatable bonds is 14. The number of carbonyl (C=O) groups excluding carboxylic acids is 4. The van der Waals surface area contributed by atoms with Crippen LogP contribution in [-0.2, 0) is 29.2 Å². The molecule has 0 atom stereocenters. The van der Waals surface area contributed by atoms with Crippen molar-refractivity contribution in [1.29, 1.82) is 0 Å². The van der Waals surface area contributed by atoms with Gasteiger partial charge in [-0.15, -0.1) is 0 Å². The van der Waals surface area contributed by atoms with E-state index >= 15 is 0 Å². The van der Waals surface area contributed by atoms with E-state index in [1.807, 2.05) is 74.2 Å². The minimum Gasteiger partial charge on any atom is -0.497 e. The van der Waals surface area contributed by atoms with Crippen molar-refractivity contribution in [1.82, 2.24) is 18.9 Å². The minimum atomic E-state index is -0.626. The molecule has 0 bridgehead atoms. The number of nitrogens with one attached hydrogen (secondary N) is 2. The Kier molecular flexibility index (Phi) is 16.4. The number of para-hydroxylation sites is 2. The van der Waals surface area contributed by atoms with E-state index in [0.29, 0.717) is 101 Å². The number of aromatic nitrogens is 2. The van der Waals surface area contributed by atoms with Gasteiger partial charge in [-0.2, -0.15) is 0 Å². The van der Waals surface area contributed by atoms with Crippen LogP contribution in [-0.4, -0.2) is 102 Å². The number of hydrogen-bond acceptors (Lipinski definition) is 12. The number of amides is 3. The van der Waals surface area contributed by atoms with E-state index in [1.165, 1.54) is 23.8 Å². The molecule has 0 unspecified atom stereocenters. The van der Waals surface area contributed by atoms with Crippen molar-refractivity contribution < 1.29 is 42.9 Å². The first-order valence-electron chi connectivity index (χ1n) is 24.4. The molecule has 1 saturated heterocycles. The van der Waals surface area contributed by atoms with Crippen LogP contribution in [0, 0.1) is 0 Å². The number of piperidine rings is 1. The lowest BCUT2D eigenvalue weighted by Gasteiger charge is -2.39. The van der Waals surface area contributed by atoms with Gasteiger partial charge in [-0.25, -0.2) is 4.79 Å². The Bertz CT molecular complexity index is 3270. The molecular formula is C57H60N6O11. The predicted molar refractivity (Wildman–Crippen MR) is 283 cm³/mol. The third kappa shape index (κ3) is 12.6. The van der Waals surface area contributed by atoms with Gasteiger partial charge in [-0.1, -0.05) is 42.5 Å². The number of nitrogens with zero attached hydrogens (tertiary/aromatic N) is 4. The number of benzene rings is 5. The van der Waals surface area contributed by atoms with Crippen LogP contribution in [0.25, 0.3) is 21.8 Å². The molecular weight excluding hydrogens is 945 g/mol. The fourth-order valence-corrected chi connectivity index (χ4v) is 9.03. The average molecular weight is 1010 g/mol. The minimum absolute atomic E-state index is 0.0190. The van der Waals surface area contributed by atoms with Crippen molar-refractivity contribution in [3.63, 3.8) is 0 Å². The predicted octanol–water partition coefficient (Wildman–Crippen LogP) is 8.40. The van der Waals surface area contributed by atoms with Gasteiger partial charge in [-0.3, -0.25) is 19.2 Å². The Hall–Kier alpha value is -8.44. The Morgan fingerprint density at radius 3 is 1.72 bits per heavy atom. The molecule has 9 rings (SSSR count). The highest BCUT2D eigenvalue weighted by molar-refractivity contribution is 6.13. The molecule has 2 aromatic heterocycles. The van der Waals surface area contributed by atoms with E-state index in [2.05, 4.69) is 15.5 Å². The maximum atomic E-state index is 13.5. The van der Waals surface area contributed by atoms with Crippen LogP contribution in [0.1, 0.15) is 59.9 Å². The molecule has 74 heavy (non-hydrogen) atoms. The maximum absolute atomic E-state index is 13.5. The van der Waals surface area contributed by atoms with Crippen LogP contribution in [0.3, 0.4) is 0 Å². The van der Waals surface area contributed by atoms with E-state index < -0.39 is 17.1 Å². The number of pyridine rings is 2. The summed E-state index contributed by atoms with van der Waals surface area (Å²) in [5.74, 6) is 1.79. The van der Waals surface area contributed by atoms with Crippen LogP contribution in [0.5, 0.6) is 23.0 Å². The first-order valence-corrected chi connectivity index (χ1v) is 24.4. The summed E-state index contributed by atoms with van der Waals surface area (Å²) in [7, 11) is 3.09. The summed E-state index contributed by atoms with van der Waals surface area (Å²) >= 11 is 0. The lowest BCUT2D eigenvalue weighted by molar-refractivity contribution is -0.108. The summed E-state index contributed by atoms with van der Waals surface area (Å²) in [5, 5.41) is 6.90.